The van der Waals surface area contributed by atoms with Crippen molar-refractivity contribution in [1.82, 2.24) is 15.0 Å². The summed E-state index contributed by atoms with van der Waals surface area (Å²) in [6, 6.07) is 9.22. The van der Waals surface area contributed by atoms with Gasteiger partial charge in [-0.2, -0.15) is 0 Å². The molecule has 2 aromatic heterocycles. The van der Waals surface area contributed by atoms with Crippen molar-refractivity contribution >= 4 is 40.0 Å². The Hall–Kier alpha value is -2.65. The average Bonchev–Trinajstić information content (AvgIpc) is 3.32. The van der Waals surface area contributed by atoms with Crippen molar-refractivity contribution in [2.45, 2.75) is 24.8 Å². The third-order valence-corrected chi connectivity index (χ3v) is 6.23. The third-order valence-electron chi connectivity index (χ3n) is 4.44. The highest BCUT2D eigenvalue weighted by Crippen LogP contribution is 2.30. The predicted molar refractivity (Wildman–Crippen MR) is 108 cm³/mol. The van der Waals surface area contributed by atoms with Gasteiger partial charge in [0.1, 0.15) is 5.76 Å². The summed E-state index contributed by atoms with van der Waals surface area (Å²) in [6.45, 7) is 2.83. The van der Waals surface area contributed by atoms with Gasteiger partial charge in [-0.25, -0.2) is 4.98 Å². The first-order valence-corrected chi connectivity index (χ1v) is 10.7. The molecule has 0 spiro atoms. The number of carbonyl (C=O) groups is 2. The molecule has 0 saturated heterocycles. The monoisotopic (exact) mass is 414 g/mol. The van der Waals surface area contributed by atoms with Crippen LogP contribution in [0.2, 0.25) is 0 Å². The smallest absolute Gasteiger partial charge is 0.279 e. The molecule has 0 bridgehead atoms. The maximum absolute atomic E-state index is 13.0. The number of fused-ring (bicyclic) bond motifs is 1. The van der Waals surface area contributed by atoms with Crippen molar-refractivity contribution in [1.29, 1.82) is 0 Å². The molecule has 0 saturated carbocycles. The van der Waals surface area contributed by atoms with Gasteiger partial charge in [-0.3, -0.25) is 14.9 Å². The van der Waals surface area contributed by atoms with Crippen LogP contribution in [0, 0.1) is 6.92 Å². The maximum atomic E-state index is 13.0. The lowest BCUT2D eigenvalue weighted by atomic mass is 10.1. The fourth-order valence-electron chi connectivity index (χ4n) is 3.05. The molecule has 2 amide bonds. The molecule has 0 atom stereocenters. The van der Waals surface area contributed by atoms with Crippen LogP contribution in [0.15, 0.2) is 39.8 Å². The highest BCUT2D eigenvalue weighted by atomic mass is 32.2. The Morgan fingerprint density at radius 3 is 2.89 bits per heavy atom. The van der Waals surface area contributed by atoms with Gasteiger partial charge in [-0.15, -0.1) is 11.8 Å². The zero-order valence-corrected chi connectivity index (χ0v) is 17.0. The third kappa shape index (κ3) is 3.67. The van der Waals surface area contributed by atoms with Gasteiger partial charge in [-0.1, -0.05) is 28.6 Å². The Morgan fingerprint density at radius 1 is 1.32 bits per heavy atom. The minimum atomic E-state index is -0.357. The highest BCUT2D eigenvalue weighted by Gasteiger charge is 2.26. The Labute approximate surface area is 170 Å². The quantitative estimate of drug-likeness (QED) is 0.656. The summed E-state index contributed by atoms with van der Waals surface area (Å²) in [4.78, 5) is 33.5. The Balaban J connectivity index is 1.48. The van der Waals surface area contributed by atoms with E-state index in [0.29, 0.717) is 30.4 Å². The molecule has 3 aromatic rings. The van der Waals surface area contributed by atoms with Crippen molar-refractivity contribution in [3.05, 3.63) is 57.9 Å². The molecule has 0 fully saturated rings. The molecule has 4 rings (SSSR count). The maximum Gasteiger partial charge on any atom is 0.279 e. The van der Waals surface area contributed by atoms with Crippen LogP contribution in [0.1, 0.15) is 37.2 Å². The van der Waals surface area contributed by atoms with Crippen LogP contribution >= 0.6 is 23.1 Å². The van der Waals surface area contributed by atoms with E-state index in [1.807, 2.05) is 35.4 Å². The number of aromatic nitrogens is 2. The first-order valence-electron chi connectivity index (χ1n) is 8.70. The van der Waals surface area contributed by atoms with Crippen molar-refractivity contribution in [3.8, 4) is 0 Å². The zero-order chi connectivity index (χ0) is 19.7. The zero-order valence-electron chi connectivity index (χ0n) is 15.4. The SMILES string of the molecule is CSc1ccccc1C(=O)N1CCc2nc(NC(=O)c3cc(C)on3)sc2C1. The molecule has 1 aliphatic heterocycles. The summed E-state index contributed by atoms with van der Waals surface area (Å²) >= 11 is 2.96. The molecule has 144 valence electrons. The van der Waals surface area contributed by atoms with E-state index in [1.165, 1.54) is 11.3 Å². The minimum Gasteiger partial charge on any atom is -0.361 e. The number of rotatable bonds is 4. The number of thioether (sulfide) groups is 1. The number of aryl methyl sites for hydroxylation is 1. The molecule has 3 heterocycles. The topological polar surface area (TPSA) is 88.3 Å². The Morgan fingerprint density at radius 2 is 2.14 bits per heavy atom. The predicted octanol–water partition coefficient (Wildman–Crippen LogP) is 3.61. The van der Waals surface area contributed by atoms with E-state index >= 15 is 0 Å². The molecule has 0 unspecified atom stereocenters. The molecule has 1 N–H and O–H groups in total. The van der Waals surface area contributed by atoms with Crippen molar-refractivity contribution in [2.75, 3.05) is 18.1 Å². The molecule has 0 radical (unpaired) electrons. The molecular formula is C19H18N4O3S2. The van der Waals surface area contributed by atoms with Crippen LogP contribution < -0.4 is 5.32 Å². The lowest BCUT2D eigenvalue weighted by Crippen LogP contribution is -2.35. The summed E-state index contributed by atoms with van der Waals surface area (Å²) in [5, 5.41) is 6.98. The largest absolute Gasteiger partial charge is 0.361 e. The van der Waals surface area contributed by atoms with Gasteiger partial charge in [-0.05, 0) is 25.3 Å². The van der Waals surface area contributed by atoms with Crippen molar-refractivity contribution in [2.24, 2.45) is 0 Å². The van der Waals surface area contributed by atoms with Gasteiger partial charge in [0.25, 0.3) is 11.8 Å². The van der Waals surface area contributed by atoms with Crippen LogP contribution in [0.5, 0.6) is 0 Å². The average molecular weight is 415 g/mol. The van der Waals surface area contributed by atoms with Crippen LogP contribution in [0.4, 0.5) is 5.13 Å². The van der Waals surface area contributed by atoms with Gasteiger partial charge in [0.05, 0.1) is 17.8 Å². The van der Waals surface area contributed by atoms with Crippen LogP contribution in [0.25, 0.3) is 0 Å². The van der Waals surface area contributed by atoms with Gasteiger partial charge < -0.3 is 9.42 Å². The Bertz CT molecular complexity index is 1040. The van der Waals surface area contributed by atoms with E-state index < -0.39 is 0 Å². The van der Waals surface area contributed by atoms with Gasteiger partial charge in [0.15, 0.2) is 10.8 Å². The summed E-state index contributed by atoms with van der Waals surface area (Å²) in [5.74, 6) is 0.237. The number of amides is 2. The number of carbonyl (C=O) groups excluding carboxylic acids is 2. The molecule has 0 aliphatic carbocycles. The number of hydrogen-bond donors (Lipinski definition) is 1. The number of thiazole rings is 1. The normalized spacial score (nSPS) is 13.3. The van der Waals surface area contributed by atoms with Gasteiger partial charge >= 0.3 is 0 Å². The summed E-state index contributed by atoms with van der Waals surface area (Å²) in [5.41, 5.74) is 1.87. The van der Waals surface area contributed by atoms with Crippen LogP contribution in [-0.2, 0) is 13.0 Å². The van der Waals surface area contributed by atoms with E-state index in [4.69, 9.17) is 4.52 Å². The van der Waals surface area contributed by atoms with E-state index in [0.717, 1.165) is 21.0 Å². The summed E-state index contributed by atoms with van der Waals surface area (Å²) in [6.07, 6.45) is 2.63. The standard InChI is InChI=1S/C19H18N4O3S2/c1-11-9-14(22-26-11)17(24)21-19-20-13-7-8-23(10-16(13)28-19)18(25)12-5-3-4-6-15(12)27-2/h3-6,9H,7-8,10H2,1-2H3,(H,20,21,24). The fourth-order valence-corrected chi connectivity index (χ4v) is 4.66. The highest BCUT2D eigenvalue weighted by molar-refractivity contribution is 7.98. The first kappa shape index (κ1) is 18.7. The van der Waals surface area contributed by atoms with Crippen molar-refractivity contribution in [3.63, 3.8) is 0 Å². The first-order chi connectivity index (χ1) is 13.5. The second kappa shape index (κ2) is 7.76. The van der Waals surface area contributed by atoms with E-state index in [1.54, 1.807) is 24.8 Å². The molecule has 9 heteroatoms. The molecule has 28 heavy (non-hydrogen) atoms. The lowest BCUT2D eigenvalue weighted by molar-refractivity contribution is 0.0732. The van der Waals surface area contributed by atoms with Crippen LogP contribution in [-0.4, -0.2) is 39.7 Å². The van der Waals surface area contributed by atoms with Crippen molar-refractivity contribution < 1.29 is 14.1 Å². The number of hydrogen-bond acceptors (Lipinski definition) is 7. The summed E-state index contributed by atoms with van der Waals surface area (Å²) < 4.78 is 4.93. The Kier molecular flexibility index (Phi) is 5.19. The fraction of sp³-hybridized carbons (Fsp3) is 0.263. The molecule has 1 aromatic carbocycles. The number of benzene rings is 1. The number of nitrogens with one attached hydrogen (secondary N) is 1. The van der Waals surface area contributed by atoms with Gasteiger partial charge in [0.2, 0.25) is 0 Å². The molecule has 1 aliphatic rings. The van der Waals surface area contributed by atoms with E-state index in [9.17, 15) is 9.59 Å². The second-order valence-electron chi connectivity index (χ2n) is 6.34. The molecular weight excluding hydrogens is 396 g/mol. The molecule has 7 nitrogen and oxygen atoms in total. The van der Waals surface area contributed by atoms with E-state index in [2.05, 4.69) is 15.5 Å². The summed E-state index contributed by atoms with van der Waals surface area (Å²) in [7, 11) is 0. The van der Waals surface area contributed by atoms with Gasteiger partial charge in [0, 0.05) is 28.8 Å². The van der Waals surface area contributed by atoms with Crippen LogP contribution in [0.3, 0.4) is 0 Å². The number of anilines is 1. The second-order valence-corrected chi connectivity index (χ2v) is 8.27. The number of nitrogens with zero attached hydrogens (tertiary/aromatic N) is 3. The minimum absolute atomic E-state index is 0.0210. The van der Waals surface area contributed by atoms with E-state index in [-0.39, 0.29) is 17.5 Å². The lowest BCUT2D eigenvalue weighted by Gasteiger charge is -2.26.